The Hall–Kier alpha value is -2.70. The Morgan fingerprint density at radius 2 is 1.11 bits per heavy atom. The van der Waals surface area contributed by atoms with Crippen LogP contribution in [0.25, 0.3) is 0 Å². The molecule has 27 heavy (non-hydrogen) atoms. The summed E-state index contributed by atoms with van der Waals surface area (Å²) in [4.78, 5) is 27.9. The Balaban J connectivity index is 1.42. The number of hydrogen-bond acceptors (Lipinski definition) is 4. The fraction of sp³-hybridized carbons (Fsp3) is 0.158. The van der Waals surface area contributed by atoms with E-state index >= 15 is 0 Å². The molecule has 1 aliphatic rings. The summed E-state index contributed by atoms with van der Waals surface area (Å²) < 4.78 is 0. The van der Waals surface area contributed by atoms with Crippen LogP contribution in [0.3, 0.4) is 0 Å². The van der Waals surface area contributed by atoms with E-state index in [9.17, 15) is 9.59 Å². The molecular formula is C19H18Cl2N4O2. The first-order chi connectivity index (χ1) is 13.0. The average Bonchev–Trinajstić information content (AvgIpc) is 3.05. The van der Waals surface area contributed by atoms with Crippen molar-refractivity contribution in [1.29, 1.82) is 0 Å². The Morgan fingerprint density at radius 3 is 1.48 bits per heavy atom. The van der Waals surface area contributed by atoms with Crippen molar-refractivity contribution < 1.29 is 9.59 Å². The molecule has 2 aromatic carbocycles. The largest absolute Gasteiger partial charge is 0.349 e. The number of anilines is 2. The van der Waals surface area contributed by atoms with Crippen LogP contribution in [0, 0.1) is 0 Å². The minimum atomic E-state index is -0.144. The topological polar surface area (TPSA) is 64.7 Å². The van der Waals surface area contributed by atoms with Gasteiger partial charge in [-0.05, 0) is 48.5 Å². The van der Waals surface area contributed by atoms with Crippen LogP contribution in [0.5, 0.6) is 0 Å². The van der Waals surface area contributed by atoms with Gasteiger partial charge in [0.05, 0.1) is 19.8 Å². The van der Waals surface area contributed by atoms with Crippen molar-refractivity contribution in [1.82, 2.24) is 9.80 Å². The lowest BCUT2D eigenvalue weighted by molar-refractivity contribution is -0.117. The molecule has 0 fully saturated rings. The Kier molecular flexibility index (Phi) is 6.21. The van der Waals surface area contributed by atoms with Crippen molar-refractivity contribution in [3.8, 4) is 0 Å². The zero-order chi connectivity index (χ0) is 19.2. The molecule has 0 aromatic heterocycles. The molecule has 0 radical (unpaired) electrons. The van der Waals surface area contributed by atoms with Crippen molar-refractivity contribution in [3.63, 3.8) is 0 Å². The molecule has 0 atom stereocenters. The number of nitrogens with zero attached hydrogens (tertiary/aromatic N) is 2. The molecule has 2 N–H and O–H groups in total. The summed E-state index contributed by atoms with van der Waals surface area (Å²) in [6.45, 7) is 0.838. The Bertz CT molecular complexity index is 768. The van der Waals surface area contributed by atoms with Gasteiger partial charge in [-0.25, -0.2) is 0 Å². The quantitative estimate of drug-likeness (QED) is 0.771. The molecule has 2 amide bonds. The minimum absolute atomic E-state index is 0.144. The number of carbonyl (C=O) groups excluding carboxylic acids is 2. The summed E-state index contributed by atoms with van der Waals surface area (Å²) in [5.41, 5.74) is 1.37. The highest BCUT2D eigenvalue weighted by Crippen LogP contribution is 2.15. The third kappa shape index (κ3) is 5.91. The number of hydrogen-bond donors (Lipinski definition) is 2. The number of amides is 2. The van der Waals surface area contributed by atoms with Crippen LogP contribution in [-0.4, -0.2) is 41.4 Å². The molecule has 6 nitrogen and oxygen atoms in total. The summed E-state index contributed by atoms with van der Waals surface area (Å²) in [6, 6.07) is 13.8. The highest BCUT2D eigenvalue weighted by Gasteiger charge is 2.17. The Morgan fingerprint density at radius 1 is 0.741 bits per heavy atom. The highest BCUT2D eigenvalue weighted by molar-refractivity contribution is 6.31. The van der Waals surface area contributed by atoms with Crippen LogP contribution in [0.2, 0.25) is 10.0 Å². The summed E-state index contributed by atoms with van der Waals surface area (Å²) >= 11 is 11.7. The number of nitrogens with one attached hydrogen (secondary N) is 2. The number of carbonyl (C=O) groups is 2. The van der Waals surface area contributed by atoms with Gasteiger partial charge in [-0.2, -0.15) is 0 Å². The smallest absolute Gasteiger partial charge is 0.243 e. The lowest BCUT2D eigenvalue weighted by atomic mass is 10.3. The standard InChI is InChI=1S/C19H18Cl2N4O2/c20-14-1-5-16(6-2-14)22-18(26)11-24-9-10-25(13-24)12-19(27)23-17-7-3-15(21)4-8-17/h1-10H,11-13H2,(H,22,26)(H,23,27). The fourth-order valence-corrected chi connectivity index (χ4v) is 2.81. The van der Waals surface area contributed by atoms with Gasteiger partial charge in [-0.3, -0.25) is 9.59 Å². The van der Waals surface area contributed by atoms with Crippen molar-refractivity contribution in [3.05, 3.63) is 71.0 Å². The average molecular weight is 405 g/mol. The van der Waals surface area contributed by atoms with E-state index < -0.39 is 0 Å². The summed E-state index contributed by atoms with van der Waals surface area (Å²) in [5, 5.41) is 6.84. The molecule has 3 rings (SSSR count). The predicted molar refractivity (Wildman–Crippen MR) is 108 cm³/mol. The number of benzene rings is 2. The van der Waals surface area contributed by atoms with Crippen LogP contribution in [0.15, 0.2) is 60.9 Å². The monoisotopic (exact) mass is 404 g/mol. The maximum Gasteiger partial charge on any atom is 0.243 e. The molecule has 0 bridgehead atoms. The molecule has 0 unspecified atom stereocenters. The maximum atomic E-state index is 12.1. The minimum Gasteiger partial charge on any atom is -0.349 e. The number of rotatable bonds is 6. The second kappa shape index (κ2) is 8.79. The van der Waals surface area contributed by atoms with E-state index in [2.05, 4.69) is 10.6 Å². The van der Waals surface area contributed by atoms with E-state index in [0.717, 1.165) is 0 Å². The van der Waals surface area contributed by atoms with E-state index in [-0.39, 0.29) is 24.9 Å². The third-order valence-electron chi connectivity index (χ3n) is 3.80. The molecule has 1 heterocycles. The van der Waals surface area contributed by atoms with Crippen LogP contribution < -0.4 is 10.6 Å². The van der Waals surface area contributed by atoms with Crippen molar-refractivity contribution in [2.45, 2.75) is 0 Å². The van der Waals surface area contributed by atoms with Crippen LogP contribution in [0.4, 0.5) is 11.4 Å². The number of halogens is 2. The van der Waals surface area contributed by atoms with Crippen LogP contribution in [-0.2, 0) is 9.59 Å². The van der Waals surface area contributed by atoms with Crippen molar-refractivity contribution in [2.24, 2.45) is 0 Å². The molecule has 0 saturated carbocycles. The molecular weight excluding hydrogens is 387 g/mol. The summed E-state index contributed by atoms with van der Waals surface area (Å²) in [6.07, 6.45) is 3.58. The van der Waals surface area contributed by atoms with Gasteiger partial charge in [0.25, 0.3) is 0 Å². The van der Waals surface area contributed by atoms with E-state index in [1.165, 1.54) is 0 Å². The second-order valence-electron chi connectivity index (χ2n) is 6.04. The molecule has 0 aliphatic carbocycles. The second-order valence-corrected chi connectivity index (χ2v) is 6.92. The van der Waals surface area contributed by atoms with E-state index in [1.54, 1.807) is 60.9 Å². The molecule has 0 spiro atoms. The highest BCUT2D eigenvalue weighted by atomic mass is 35.5. The van der Waals surface area contributed by atoms with Crippen molar-refractivity contribution >= 4 is 46.4 Å². The van der Waals surface area contributed by atoms with Gasteiger partial charge in [-0.15, -0.1) is 0 Å². The first-order valence-corrected chi connectivity index (χ1v) is 9.01. The van der Waals surface area contributed by atoms with Crippen LogP contribution in [0.1, 0.15) is 0 Å². The van der Waals surface area contributed by atoms with E-state index in [1.807, 2.05) is 9.80 Å². The third-order valence-corrected chi connectivity index (χ3v) is 4.30. The SMILES string of the molecule is O=C(CN1C=CN(CC(=O)Nc2ccc(Cl)cc2)C1)Nc1ccc(Cl)cc1. The zero-order valence-electron chi connectivity index (χ0n) is 14.4. The zero-order valence-corrected chi connectivity index (χ0v) is 15.9. The Labute approximate surface area is 167 Å². The van der Waals surface area contributed by atoms with Gasteiger partial charge in [0, 0.05) is 33.8 Å². The molecule has 2 aromatic rings. The maximum absolute atomic E-state index is 12.1. The fourth-order valence-electron chi connectivity index (χ4n) is 2.56. The molecule has 8 heteroatoms. The first-order valence-electron chi connectivity index (χ1n) is 8.25. The first kappa shape index (κ1) is 19.1. The van der Waals surface area contributed by atoms with Gasteiger partial charge in [0.1, 0.15) is 0 Å². The summed E-state index contributed by atoms with van der Waals surface area (Å²) in [7, 11) is 0. The van der Waals surface area contributed by atoms with Gasteiger partial charge in [0.2, 0.25) is 11.8 Å². The van der Waals surface area contributed by atoms with E-state index in [0.29, 0.717) is 28.1 Å². The normalized spacial score (nSPS) is 13.0. The summed E-state index contributed by atoms with van der Waals surface area (Å²) in [5.74, 6) is -0.288. The molecule has 140 valence electrons. The van der Waals surface area contributed by atoms with Gasteiger partial charge >= 0.3 is 0 Å². The predicted octanol–water partition coefficient (Wildman–Crippen LogP) is 3.62. The van der Waals surface area contributed by atoms with Gasteiger partial charge in [0.15, 0.2) is 0 Å². The van der Waals surface area contributed by atoms with Crippen molar-refractivity contribution in [2.75, 3.05) is 30.4 Å². The lowest BCUT2D eigenvalue weighted by Crippen LogP contribution is -2.35. The van der Waals surface area contributed by atoms with Gasteiger partial charge in [-0.1, -0.05) is 23.2 Å². The van der Waals surface area contributed by atoms with E-state index in [4.69, 9.17) is 23.2 Å². The lowest BCUT2D eigenvalue weighted by Gasteiger charge is -2.20. The molecule has 1 aliphatic heterocycles. The van der Waals surface area contributed by atoms with Gasteiger partial charge < -0.3 is 20.4 Å². The van der Waals surface area contributed by atoms with Crippen LogP contribution >= 0.6 is 23.2 Å². The molecule has 0 saturated heterocycles.